The zero-order chi connectivity index (χ0) is 13.4. The van der Waals surface area contributed by atoms with Crippen molar-refractivity contribution in [2.75, 3.05) is 6.54 Å². The Labute approximate surface area is 116 Å². The van der Waals surface area contributed by atoms with Gasteiger partial charge in [-0.05, 0) is 25.7 Å². The molecule has 1 aliphatic heterocycles. The van der Waals surface area contributed by atoms with Gasteiger partial charge in [0.25, 0.3) is 0 Å². The van der Waals surface area contributed by atoms with Crippen LogP contribution in [-0.2, 0) is 16.1 Å². The van der Waals surface area contributed by atoms with Crippen molar-refractivity contribution >= 4 is 23.2 Å². The summed E-state index contributed by atoms with van der Waals surface area (Å²) in [6.07, 6.45) is 4.31. The van der Waals surface area contributed by atoms with Crippen molar-refractivity contribution in [2.45, 2.75) is 38.8 Å². The summed E-state index contributed by atoms with van der Waals surface area (Å²) in [4.78, 5) is 31.2. The molecule has 1 saturated carbocycles. The van der Waals surface area contributed by atoms with Gasteiger partial charge in [-0.2, -0.15) is 0 Å². The number of hydrogen-bond acceptors (Lipinski definition) is 4. The van der Waals surface area contributed by atoms with E-state index in [1.807, 2.05) is 13.1 Å². The third-order valence-electron chi connectivity index (χ3n) is 3.61. The minimum Gasteiger partial charge on any atom is -0.344 e. The summed E-state index contributed by atoms with van der Waals surface area (Å²) in [7, 11) is 0. The Hall–Kier alpha value is -1.43. The fraction of sp³-hybridized carbons (Fsp3) is 0.615. The van der Waals surface area contributed by atoms with Gasteiger partial charge in [0.15, 0.2) is 0 Å². The first-order valence-corrected chi connectivity index (χ1v) is 7.44. The Morgan fingerprint density at radius 2 is 2.26 bits per heavy atom. The second-order valence-electron chi connectivity index (χ2n) is 5.24. The normalized spacial score (nSPS) is 24.3. The van der Waals surface area contributed by atoms with Crippen LogP contribution in [0.15, 0.2) is 6.20 Å². The summed E-state index contributed by atoms with van der Waals surface area (Å²) >= 11 is 1.61. The molecule has 1 aliphatic carbocycles. The van der Waals surface area contributed by atoms with Gasteiger partial charge in [-0.15, -0.1) is 11.3 Å². The Morgan fingerprint density at radius 3 is 2.89 bits per heavy atom. The molecule has 0 aromatic carbocycles. The third kappa shape index (κ3) is 2.78. The highest BCUT2D eigenvalue weighted by atomic mass is 32.1. The average Bonchev–Trinajstić information content (AvgIpc) is 3.14. The lowest BCUT2D eigenvalue weighted by molar-refractivity contribution is -0.134. The average molecular weight is 279 g/mol. The van der Waals surface area contributed by atoms with Crippen LogP contribution >= 0.6 is 11.3 Å². The maximum absolute atomic E-state index is 12.5. The third-order valence-corrected chi connectivity index (χ3v) is 4.51. The fourth-order valence-corrected chi connectivity index (χ4v) is 3.23. The number of nitrogens with zero attached hydrogens (tertiary/aromatic N) is 2. The lowest BCUT2D eigenvalue weighted by atomic mass is 10.1. The quantitative estimate of drug-likeness (QED) is 0.900. The van der Waals surface area contributed by atoms with Crippen LogP contribution in [0.5, 0.6) is 0 Å². The van der Waals surface area contributed by atoms with Gasteiger partial charge in [-0.25, -0.2) is 4.98 Å². The number of carbonyl (C=O) groups is 2. The molecule has 1 atom stereocenters. The minimum atomic E-state index is -0.302. The standard InChI is InChI=1S/C13H17N3O2S/c1-8-14-6-10(19-8)7-16-5-4-11(17)15-12(13(16)18)9-2-3-9/h6,9,12H,2-5,7H2,1H3,(H,15,17). The molecular formula is C13H17N3O2S. The molecule has 2 amide bonds. The van der Waals surface area contributed by atoms with Gasteiger partial charge in [0.1, 0.15) is 6.04 Å². The number of thiazole rings is 1. The predicted molar refractivity (Wildman–Crippen MR) is 71.5 cm³/mol. The van der Waals surface area contributed by atoms with Crippen molar-refractivity contribution in [1.29, 1.82) is 0 Å². The molecule has 102 valence electrons. The van der Waals surface area contributed by atoms with Crippen LogP contribution in [-0.4, -0.2) is 34.3 Å². The van der Waals surface area contributed by atoms with Gasteiger partial charge < -0.3 is 10.2 Å². The van der Waals surface area contributed by atoms with Gasteiger partial charge in [0.05, 0.1) is 11.6 Å². The molecule has 19 heavy (non-hydrogen) atoms. The molecule has 0 bridgehead atoms. The predicted octanol–water partition coefficient (Wildman–Crippen LogP) is 1.08. The molecule has 1 unspecified atom stereocenters. The van der Waals surface area contributed by atoms with E-state index < -0.39 is 0 Å². The molecule has 1 aromatic rings. The van der Waals surface area contributed by atoms with Gasteiger partial charge in [-0.1, -0.05) is 0 Å². The Balaban J connectivity index is 1.75. The van der Waals surface area contributed by atoms with E-state index in [-0.39, 0.29) is 17.9 Å². The second kappa shape index (κ2) is 4.92. The van der Waals surface area contributed by atoms with Crippen LogP contribution in [0.1, 0.15) is 29.1 Å². The van der Waals surface area contributed by atoms with E-state index in [0.717, 1.165) is 22.7 Å². The largest absolute Gasteiger partial charge is 0.344 e. The lowest BCUT2D eigenvalue weighted by Crippen LogP contribution is -2.45. The van der Waals surface area contributed by atoms with E-state index in [1.54, 1.807) is 16.2 Å². The highest BCUT2D eigenvalue weighted by Crippen LogP contribution is 2.34. The Morgan fingerprint density at radius 1 is 1.47 bits per heavy atom. The first kappa shape index (κ1) is 12.6. The zero-order valence-corrected chi connectivity index (χ0v) is 11.7. The highest BCUT2D eigenvalue weighted by molar-refractivity contribution is 7.11. The molecule has 2 heterocycles. The topological polar surface area (TPSA) is 62.3 Å². The summed E-state index contributed by atoms with van der Waals surface area (Å²) in [5, 5.41) is 3.87. The molecule has 1 saturated heterocycles. The van der Waals surface area contributed by atoms with E-state index in [0.29, 0.717) is 25.4 Å². The number of aromatic nitrogens is 1. The van der Waals surface area contributed by atoms with Crippen LogP contribution < -0.4 is 5.32 Å². The summed E-state index contributed by atoms with van der Waals surface area (Å²) < 4.78 is 0. The van der Waals surface area contributed by atoms with Crippen molar-refractivity contribution < 1.29 is 9.59 Å². The van der Waals surface area contributed by atoms with E-state index in [9.17, 15) is 9.59 Å². The summed E-state index contributed by atoms with van der Waals surface area (Å²) in [6.45, 7) is 3.03. The molecule has 0 radical (unpaired) electrons. The maximum Gasteiger partial charge on any atom is 0.245 e. The summed E-state index contributed by atoms with van der Waals surface area (Å²) in [5.74, 6) is 0.410. The van der Waals surface area contributed by atoms with Crippen LogP contribution in [0.25, 0.3) is 0 Å². The van der Waals surface area contributed by atoms with Crippen molar-refractivity contribution in [3.05, 3.63) is 16.1 Å². The molecule has 1 N–H and O–H groups in total. The van der Waals surface area contributed by atoms with Crippen molar-refractivity contribution in [2.24, 2.45) is 5.92 Å². The molecule has 2 aliphatic rings. The van der Waals surface area contributed by atoms with Crippen molar-refractivity contribution in [1.82, 2.24) is 15.2 Å². The highest BCUT2D eigenvalue weighted by Gasteiger charge is 2.40. The minimum absolute atomic E-state index is 0.00626. The molecule has 3 rings (SSSR count). The number of rotatable bonds is 3. The van der Waals surface area contributed by atoms with E-state index in [1.165, 1.54) is 0 Å². The molecular weight excluding hydrogens is 262 g/mol. The monoisotopic (exact) mass is 279 g/mol. The van der Waals surface area contributed by atoms with Crippen molar-refractivity contribution in [3.8, 4) is 0 Å². The number of nitrogens with one attached hydrogen (secondary N) is 1. The van der Waals surface area contributed by atoms with Crippen LogP contribution in [0.4, 0.5) is 0 Å². The van der Waals surface area contributed by atoms with Crippen LogP contribution in [0.3, 0.4) is 0 Å². The number of aryl methyl sites for hydroxylation is 1. The first-order valence-electron chi connectivity index (χ1n) is 6.63. The van der Waals surface area contributed by atoms with Gasteiger partial charge >= 0.3 is 0 Å². The molecule has 2 fully saturated rings. The van der Waals surface area contributed by atoms with E-state index in [4.69, 9.17) is 0 Å². The SMILES string of the molecule is Cc1ncc(CN2CCC(=O)NC(C3CC3)C2=O)s1. The smallest absolute Gasteiger partial charge is 0.245 e. The second-order valence-corrected chi connectivity index (χ2v) is 6.56. The number of hydrogen-bond donors (Lipinski definition) is 1. The molecule has 6 heteroatoms. The Bertz CT molecular complexity index is 510. The Kier molecular flexibility index (Phi) is 3.26. The number of amides is 2. The fourth-order valence-electron chi connectivity index (χ4n) is 2.42. The van der Waals surface area contributed by atoms with Crippen molar-refractivity contribution in [3.63, 3.8) is 0 Å². The molecule has 1 aromatic heterocycles. The first-order chi connectivity index (χ1) is 9.13. The van der Waals surface area contributed by atoms with Crippen LogP contribution in [0.2, 0.25) is 0 Å². The molecule has 0 spiro atoms. The zero-order valence-electron chi connectivity index (χ0n) is 10.9. The number of carbonyl (C=O) groups excluding carboxylic acids is 2. The van der Waals surface area contributed by atoms with Gasteiger partial charge in [-0.3, -0.25) is 9.59 Å². The maximum atomic E-state index is 12.5. The van der Waals surface area contributed by atoms with E-state index >= 15 is 0 Å². The summed E-state index contributed by atoms with van der Waals surface area (Å²) in [6, 6.07) is -0.302. The van der Waals surface area contributed by atoms with Gasteiger partial charge in [0, 0.05) is 24.0 Å². The van der Waals surface area contributed by atoms with Gasteiger partial charge in [0.2, 0.25) is 11.8 Å². The molecule has 5 nitrogen and oxygen atoms in total. The lowest BCUT2D eigenvalue weighted by Gasteiger charge is -2.23. The summed E-state index contributed by atoms with van der Waals surface area (Å²) in [5.41, 5.74) is 0. The van der Waals surface area contributed by atoms with E-state index in [2.05, 4.69) is 10.3 Å². The van der Waals surface area contributed by atoms with Crippen LogP contribution in [0, 0.1) is 12.8 Å².